The molecule has 1 heterocycles. The molecule has 2 aromatic rings. The number of guanidine groups is 1. The van der Waals surface area contributed by atoms with Crippen molar-refractivity contribution in [3.63, 3.8) is 0 Å². The third kappa shape index (κ3) is 4.77. The van der Waals surface area contributed by atoms with Gasteiger partial charge in [0.2, 0.25) is 0 Å². The summed E-state index contributed by atoms with van der Waals surface area (Å²) in [5, 5.41) is 10.8. The van der Waals surface area contributed by atoms with Crippen molar-refractivity contribution in [1.29, 1.82) is 0 Å². The highest BCUT2D eigenvalue weighted by Gasteiger charge is 2.02. The lowest BCUT2D eigenvalue weighted by molar-refractivity contribution is 0.411. The van der Waals surface area contributed by atoms with Gasteiger partial charge in [-0.05, 0) is 53.4 Å². The Morgan fingerprint density at radius 1 is 1.23 bits per heavy atom. The first-order valence-corrected chi connectivity index (χ1v) is 8.34. The molecule has 22 heavy (non-hydrogen) atoms. The fourth-order valence-corrected chi connectivity index (χ4v) is 2.79. The second-order valence-electron chi connectivity index (χ2n) is 4.98. The van der Waals surface area contributed by atoms with E-state index in [-0.39, 0.29) is 0 Å². The number of aryl methyl sites for hydroxylation is 1. The summed E-state index contributed by atoms with van der Waals surface area (Å²) in [5.74, 6) is 1.75. The molecule has 0 atom stereocenters. The van der Waals surface area contributed by atoms with Gasteiger partial charge in [0.1, 0.15) is 5.75 Å². The molecule has 0 saturated carbocycles. The first-order chi connectivity index (χ1) is 10.7. The average molecular weight is 317 g/mol. The minimum atomic E-state index is 0.695. The number of ether oxygens (including phenoxy) is 1. The summed E-state index contributed by atoms with van der Waals surface area (Å²) in [6, 6.07) is 8.31. The lowest BCUT2D eigenvalue weighted by Gasteiger charge is -2.12. The zero-order valence-electron chi connectivity index (χ0n) is 13.3. The van der Waals surface area contributed by atoms with E-state index < -0.39 is 0 Å². The van der Waals surface area contributed by atoms with E-state index in [1.54, 1.807) is 18.4 Å². The zero-order valence-corrected chi connectivity index (χ0v) is 14.2. The maximum absolute atomic E-state index is 5.29. The van der Waals surface area contributed by atoms with Gasteiger partial charge in [-0.15, -0.1) is 0 Å². The van der Waals surface area contributed by atoms with Crippen LogP contribution in [0.2, 0.25) is 0 Å². The van der Waals surface area contributed by atoms with Gasteiger partial charge in [-0.2, -0.15) is 11.3 Å². The molecule has 0 amide bonds. The van der Waals surface area contributed by atoms with E-state index in [1.165, 1.54) is 11.1 Å². The molecule has 0 unspecified atom stereocenters. The molecule has 0 aliphatic heterocycles. The second-order valence-corrected chi connectivity index (χ2v) is 5.76. The minimum Gasteiger partial charge on any atom is -0.496 e. The molecule has 0 fully saturated rings. The van der Waals surface area contributed by atoms with E-state index in [0.29, 0.717) is 6.54 Å². The van der Waals surface area contributed by atoms with E-state index in [0.717, 1.165) is 30.4 Å². The van der Waals surface area contributed by atoms with Crippen molar-refractivity contribution >= 4 is 17.3 Å². The van der Waals surface area contributed by atoms with Crippen LogP contribution in [0.15, 0.2) is 40.0 Å². The number of nitrogens with zero attached hydrogens (tertiary/aromatic N) is 1. The topological polar surface area (TPSA) is 45.7 Å². The van der Waals surface area contributed by atoms with Crippen molar-refractivity contribution in [2.45, 2.75) is 26.9 Å². The van der Waals surface area contributed by atoms with Gasteiger partial charge in [0.25, 0.3) is 0 Å². The Kier molecular flexibility index (Phi) is 6.27. The molecule has 0 aliphatic rings. The predicted octanol–water partition coefficient (Wildman–Crippen LogP) is 3.32. The third-order valence-electron chi connectivity index (χ3n) is 3.26. The number of methoxy groups -OCH3 is 1. The molecule has 5 heteroatoms. The van der Waals surface area contributed by atoms with Crippen molar-refractivity contribution < 1.29 is 4.74 Å². The number of nitrogens with one attached hydrogen (secondary N) is 2. The van der Waals surface area contributed by atoms with Gasteiger partial charge < -0.3 is 15.4 Å². The summed E-state index contributed by atoms with van der Waals surface area (Å²) in [4.78, 5) is 4.60. The highest BCUT2D eigenvalue weighted by atomic mass is 32.1. The van der Waals surface area contributed by atoms with Crippen LogP contribution in [-0.2, 0) is 13.1 Å². The molecule has 0 bridgehead atoms. The zero-order chi connectivity index (χ0) is 15.8. The molecule has 118 valence electrons. The van der Waals surface area contributed by atoms with Crippen molar-refractivity contribution in [3.05, 3.63) is 51.7 Å². The predicted molar refractivity (Wildman–Crippen MR) is 93.7 cm³/mol. The highest BCUT2D eigenvalue weighted by molar-refractivity contribution is 7.07. The molecule has 1 aromatic carbocycles. The van der Waals surface area contributed by atoms with Crippen molar-refractivity contribution in [2.75, 3.05) is 13.7 Å². The van der Waals surface area contributed by atoms with Gasteiger partial charge in [-0.3, -0.25) is 0 Å². The molecular formula is C17H23N3OS. The summed E-state index contributed by atoms with van der Waals surface area (Å²) in [6.07, 6.45) is 0. The first-order valence-electron chi connectivity index (χ1n) is 7.39. The van der Waals surface area contributed by atoms with Crippen molar-refractivity contribution in [1.82, 2.24) is 10.6 Å². The molecule has 4 nitrogen and oxygen atoms in total. The Balaban J connectivity index is 1.96. The van der Waals surface area contributed by atoms with Gasteiger partial charge in [0.15, 0.2) is 5.96 Å². The normalized spacial score (nSPS) is 11.3. The van der Waals surface area contributed by atoms with E-state index in [4.69, 9.17) is 4.74 Å². The summed E-state index contributed by atoms with van der Waals surface area (Å²) in [7, 11) is 1.70. The Morgan fingerprint density at radius 2 is 2.09 bits per heavy atom. The molecular weight excluding hydrogens is 294 g/mol. The van der Waals surface area contributed by atoms with E-state index in [2.05, 4.69) is 58.4 Å². The Bertz CT molecular complexity index is 608. The number of aliphatic imine (C=N–C) groups is 1. The van der Waals surface area contributed by atoms with Crippen LogP contribution in [0.5, 0.6) is 5.75 Å². The molecule has 2 rings (SSSR count). The van der Waals surface area contributed by atoms with Crippen LogP contribution in [0, 0.1) is 6.92 Å². The lowest BCUT2D eigenvalue weighted by Crippen LogP contribution is -2.36. The van der Waals surface area contributed by atoms with Crippen LogP contribution in [0.4, 0.5) is 0 Å². The fraction of sp³-hybridized carbons (Fsp3) is 0.353. The first kappa shape index (κ1) is 16.4. The van der Waals surface area contributed by atoms with Gasteiger partial charge in [0, 0.05) is 13.1 Å². The molecule has 0 aliphatic carbocycles. The molecule has 0 radical (unpaired) electrons. The molecule has 1 aromatic heterocycles. The van der Waals surface area contributed by atoms with E-state index in [9.17, 15) is 0 Å². The number of hydrogen-bond donors (Lipinski definition) is 2. The van der Waals surface area contributed by atoms with E-state index >= 15 is 0 Å². The maximum Gasteiger partial charge on any atom is 0.191 e. The van der Waals surface area contributed by atoms with E-state index in [1.807, 2.05) is 6.07 Å². The van der Waals surface area contributed by atoms with Crippen LogP contribution < -0.4 is 15.4 Å². The van der Waals surface area contributed by atoms with Crippen molar-refractivity contribution in [2.24, 2.45) is 4.99 Å². The lowest BCUT2D eigenvalue weighted by atomic mass is 10.1. The number of thiophene rings is 1. The summed E-state index contributed by atoms with van der Waals surface area (Å²) in [6.45, 7) is 6.40. The summed E-state index contributed by atoms with van der Waals surface area (Å²) >= 11 is 1.70. The fourth-order valence-electron chi connectivity index (χ4n) is 2.13. The van der Waals surface area contributed by atoms with Crippen LogP contribution in [-0.4, -0.2) is 19.6 Å². The Labute approximate surface area is 136 Å². The van der Waals surface area contributed by atoms with Gasteiger partial charge in [0.05, 0.1) is 13.7 Å². The van der Waals surface area contributed by atoms with Gasteiger partial charge >= 0.3 is 0 Å². The largest absolute Gasteiger partial charge is 0.496 e. The average Bonchev–Trinajstić information content (AvgIpc) is 3.03. The Hall–Kier alpha value is -2.01. The monoisotopic (exact) mass is 317 g/mol. The maximum atomic E-state index is 5.29. The SMILES string of the molecule is CCNC(=NCc1ccsc1)NCc1ccc(OC)c(C)c1. The quantitative estimate of drug-likeness (QED) is 0.634. The highest BCUT2D eigenvalue weighted by Crippen LogP contribution is 2.18. The number of hydrogen-bond acceptors (Lipinski definition) is 3. The molecule has 0 spiro atoms. The summed E-state index contributed by atoms with van der Waals surface area (Å²) < 4.78 is 5.29. The molecule has 0 saturated heterocycles. The van der Waals surface area contributed by atoms with Crippen LogP contribution >= 0.6 is 11.3 Å². The van der Waals surface area contributed by atoms with Gasteiger partial charge in [-0.25, -0.2) is 4.99 Å². The standard InChI is InChI=1S/C17H23N3OS/c1-4-18-17(20-11-15-7-8-22-12-15)19-10-14-5-6-16(21-3)13(2)9-14/h5-9,12H,4,10-11H2,1-3H3,(H2,18,19,20). The second kappa shape index (κ2) is 8.44. The Morgan fingerprint density at radius 3 is 2.73 bits per heavy atom. The van der Waals surface area contributed by atoms with Crippen LogP contribution in [0.1, 0.15) is 23.6 Å². The van der Waals surface area contributed by atoms with Gasteiger partial charge in [-0.1, -0.05) is 12.1 Å². The molecule has 2 N–H and O–H groups in total. The number of rotatable bonds is 6. The van der Waals surface area contributed by atoms with Crippen LogP contribution in [0.3, 0.4) is 0 Å². The minimum absolute atomic E-state index is 0.695. The van der Waals surface area contributed by atoms with Crippen LogP contribution in [0.25, 0.3) is 0 Å². The third-order valence-corrected chi connectivity index (χ3v) is 4.00. The smallest absolute Gasteiger partial charge is 0.191 e. The summed E-state index contributed by atoms with van der Waals surface area (Å²) in [5.41, 5.74) is 3.59. The van der Waals surface area contributed by atoms with Crippen molar-refractivity contribution in [3.8, 4) is 5.75 Å². The number of benzene rings is 1.